The van der Waals surface area contributed by atoms with E-state index in [2.05, 4.69) is 30.2 Å². The Morgan fingerprint density at radius 1 is 1.23 bits per heavy atom. The molecule has 0 bridgehead atoms. The van der Waals surface area contributed by atoms with Crippen LogP contribution in [-0.4, -0.2) is 70.5 Å². The molecule has 1 aromatic heterocycles. The third-order valence-electron chi connectivity index (χ3n) is 7.51. The lowest BCUT2D eigenvalue weighted by Crippen LogP contribution is -2.41. The van der Waals surface area contributed by atoms with Crippen molar-refractivity contribution in [3.63, 3.8) is 0 Å². The lowest BCUT2D eigenvalue weighted by Gasteiger charge is -2.32. The number of anilines is 1. The van der Waals surface area contributed by atoms with Crippen LogP contribution in [0.5, 0.6) is 0 Å². The largest absolute Gasteiger partial charge is 0.391 e. The van der Waals surface area contributed by atoms with Crippen molar-refractivity contribution in [3.05, 3.63) is 58.8 Å². The molecule has 0 spiro atoms. The lowest BCUT2D eigenvalue weighted by atomic mass is 9.93. The Morgan fingerprint density at radius 2 is 1.90 bits per heavy atom. The van der Waals surface area contributed by atoms with Crippen molar-refractivity contribution in [1.29, 1.82) is 0 Å². The first kappa shape index (κ1) is 32.2. The molecular weight excluding hydrogens is 490 g/mol. The highest BCUT2D eigenvalue weighted by Gasteiger charge is 2.22. The number of pyridine rings is 1. The van der Waals surface area contributed by atoms with Crippen molar-refractivity contribution in [2.75, 3.05) is 31.5 Å². The molecule has 1 aromatic carbocycles. The van der Waals surface area contributed by atoms with Gasteiger partial charge in [-0.15, -0.1) is 0 Å². The van der Waals surface area contributed by atoms with E-state index in [1.54, 1.807) is 11.8 Å². The van der Waals surface area contributed by atoms with Gasteiger partial charge in [0.15, 0.2) is 0 Å². The fraction of sp³-hybridized carbons (Fsp3) is 0.581. The topological polar surface area (TPSA) is 112 Å². The first-order chi connectivity index (χ1) is 18.8. The first-order valence-electron chi connectivity index (χ1n) is 14.5. The van der Waals surface area contributed by atoms with Gasteiger partial charge in [0.05, 0.1) is 6.10 Å². The Kier molecular flexibility index (Phi) is 14.0. The van der Waals surface area contributed by atoms with Crippen LogP contribution in [0, 0.1) is 6.92 Å². The minimum absolute atomic E-state index is 0.135. The standard InChI is InChI=1S/C29H43N5O3.C2H6/c1-4-23(18-33(20-35)19-27(37)10-9-24-7-5-6-8-25(24)16-30)28-17-31-29(15-21(28)2)32-26-11-13-34(14-12-26)22(3)36;1-2/h5-8,15,17,20,23,26-27,37H,4,9-14,16,18-19,30H2,1-3H3,(H,31,32);1-2H3. The molecule has 8 nitrogen and oxygen atoms in total. The monoisotopic (exact) mass is 539 g/mol. The van der Waals surface area contributed by atoms with Crippen LogP contribution >= 0.6 is 0 Å². The third kappa shape index (κ3) is 9.93. The van der Waals surface area contributed by atoms with E-state index in [9.17, 15) is 14.7 Å². The average molecular weight is 540 g/mol. The van der Waals surface area contributed by atoms with Crippen molar-refractivity contribution >= 4 is 18.1 Å². The zero-order chi connectivity index (χ0) is 28.8. The second-order valence-corrected chi connectivity index (χ2v) is 10.2. The maximum atomic E-state index is 11.9. The van der Waals surface area contributed by atoms with Crippen molar-refractivity contribution < 1.29 is 14.7 Å². The zero-order valence-electron chi connectivity index (χ0n) is 24.5. The van der Waals surface area contributed by atoms with E-state index in [0.29, 0.717) is 32.1 Å². The van der Waals surface area contributed by atoms with Gasteiger partial charge in [0.25, 0.3) is 0 Å². The Labute approximate surface area is 235 Å². The van der Waals surface area contributed by atoms with E-state index in [4.69, 9.17) is 5.73 Å². The minimum atomic E-state index is -0.603. The number of benzene rings is 1. The molecule has 8 heteroatoms. The van der Waals surface area contributed by atoms with E-state index in [-0.39, 0.29) is 11.8 Å². The van der Waals surface area contributed by atoms with Gasteiger partial charge in [-0.25, -0.2) is 4.98 Å². The molecule has 0 aliphatic carbocycles. The zero-order valence-corrected chi connectivity index (χ0v) is 24.5. The predicted molar refractivity (Wildman–Crippen MR) is 159 cm³/mol. The Balaban J connectivity index is 0.00000260. The molecule has 3 rings (SSSR count). The molecule has 2 atom stereocenters. The van der Waals surface area contributed by atoms with Gasteiger partial charge in [0.1, 0.15) is 5.82 Å². The quantitative estimate of drug-likeness (QED) is 0.328. The van der Waals surface area contributed by atoms with Gasteiger partial charge in [0.2, 0.25) is 12.3 Å². The van der Waals surface area contributed by atoms with Gasteiger partial charge in [-0.05, 0) is 67.3 Å². The van der Waals surface area contributed by atoms with Crippen molar-refractivity contribution in [3.8, 4) is 0 Å². The third-order valence-corrected chi connectivity index (χ3v) is 7.51. The molecule has 39 heavy (non-hydrogen) atoms. The number of amides is 2. The number of likely N-dealkylation sites (tertiary alicyclic amines) is 1. The Morgan fingerprint density at radius 3 is 2.46 bits per heavy atom. The molecule has 0 saturated carbocycles. The van der Waals surface area contributed by atoms with Crippen LogP contribution in [0.25, 0.3) is 0 Å². The molecule has 1 saturated heterocycles. The summed E-state index contributed by atoms with van der Waals surface area (Å²) in [6, 6.07) is 10.4. The van der Waals surface area contributed by atoms with E-state index in [1.165, 1.54) is 0 Å². The van der Waals surface area contributed by atoms with Crippen LogP contribution in [0.4, 0.5) is 5.82 Å². The molecule has 2 aromatic rings. The number of nitrogens with zero attached hydrogens (tertiary/aromatic N) is 3. The second-order valence-electron chi connectivity index (χ2n) is 10.2. The summed E-state index contributed by atoms with van der Waals surface area (Å²) >= 11 is 0. The van der Waals surface area contributed by atoms with Gasteiger partial charge in [-0.2, -0.15) is 0 Å². The number of hydrogen-bond acceptors (Lipinski definition) is 6. The van der Waals surface area contributed by atoms with E-state index >= 15 is 0 Å². The van der Waals surface area contributed by atoms with E-state index in [0.717, 1.165) is 73.3 Å². The molecule has 2 unspecified atom stereocenters. The fourth-order valence-corrected chi connectivity index (χ4v) is 5.20. The average Bonchev–Trinajstić information content (AvgIpc) is 2.96. The van der Waals surface area contributed by atoms with E-state index < -0.39 is 6.10 Å². The second kappa shape index (κ2) is 16.9. The summed E-state index contributed by atoms with van der Waals surface area (Å²) in [6.45, 7) is 12.7. The number of aromatic nitrogens is 1. The van der Waals surface area contributed by atoms with Crippen LogP contribution in [-0.2, 0) is 22.6 Å². The summed E-state index contributed by atoms with van der Waals surface area (Å²) < 4.78 is 0. The number of carbonyl (C=O) groups excluding carboxylic acids is 2. The SMILES string of the molecule is CC.CCC(CN(C=O)CC(O)CCc1ccccc1CN)c1cnc(NC2CCN(C(C)=O)CC2)cc1C. The number of aliphatic hydroxyl groups excluding tert-OH is 1. The van der Waals surface area contributed by atoms with Crippen molar-refractivity contribution in [2.24, 2.45) is 5.73 Å². The molecule has 2 heterocycles. The molecule has 2 amide bonds. The minimum Gasteiger partial charge on any atom is -0.391 e. The number of nitrogens with two attached hydrogens (primary N) is 1. The summed E-state index contributed by atoms with van der Waals surface area (Å²) in [5.41, 5.74) is 10.3. The van der Waals surface area contributed by atoms with Crippen molar-refractivity contribution in [1.82, 2.24) is 14.8 Å². The summed E-state index contributed by atoms with van der Waals surface area (Å²) in [5, 5.41) is 14.2. The number of rotatable bonds is 13. The maximum Gasteiger partial charge on any atom is 0.219 e. The number of nitrogens with one attached hydrogen (secondary N) is 1. The summed E-state index contributed by atoms with van der Waals surface area (Å²) in [5.74, 6) is 1.12. The van der Waals surface area contributed by atoms with Crippen LogP contribution in [0.1, 0.15) is 81.5 Å². The molecular formula is C31H49N5O3. The summed E-state index contributed by atoms with van der Waals surface area (Å²) in [4.78, 5) is 31.7. The number of carbonyl (C=O) groups is 2. The molecule has 0 radical (unpaired) electrons. The summed E-state index contributed by atoms with van der Waals surface area (Å²) in [6.07, 6.45) is 6.14. The Hall–Kier alpha value is -2.97. The fourth-order valence-electron chi connectivity index (χ4n) is 5.20. The highest BCUT2D eigenvalue weighted by atomic mass is 16.3. The maximum absolute atomic E-state index is 11.9. The Bertz CT molecular complexity index is 1020. The van der Waals surface area contributed by atoms with Crippen LogP contribution < -0.4 is 11.1 Å². The highest BCUT2D eigenvalue weighted by Crippen LogP contribution is 2.26. The number of aryl methyl sites for hydroxylation is 2. The van der Waals surface area contributed by atoms with Gasteiger partial charge in [0, 0.05) is 57.8 Å². The first-order valence-corrected chi connectivity index (χ1v) is 14.5. The lowest BCUT2D eigenvalue weighted by molar-refractivity contribution is -0.129. The van der Waals surface area contributed by atoms with Gasteiger partial charge < -0.3 is 26.0 Å². The molecule has 4 N–H and O–H groups in total. The van der Waals surface area contributed by atoms with Gasteiger partial charge in [-0.1, -0.05) is 45.0 Å². The van der Waals surface area contributed by atoms with Crippen molar-refractivity contribution in [2.45, 2.75) is 91.3 Å². The number of aliphatic hydroxyl groups is 1. The number of hydrogen-bond donors (Lipinski definition) is 3. The van der Waals surface area contributed by atoms with Crippen LogP contribution in [0.15, 0.2) is 36.5 Å². The molecule has 1 fully saturated rings. The van der Waals surface area contributed by atoms with Crippen LogP contribution in [0.2, 0.25) is 0 Å². The van der Waals surface area contributed by atoms with Gasteiger partial charge >= 0.3 is 0 Å². The van der Waals surface area contributed by atoms with Gasteiger partial charge in [-0.3, -0.25) is 9.59 Å². The normalized spacial score (nSPS) is 15.1. The van der Waals surface area contributed by atoms with Crippen LogP contribution in [0.3, 0.4) is 0 Å². The molecule has 1 aliphatic rings. The highest BCUT2D eigenvalue weighted by molar-refractivity contribution is 5.73. The van der Waals surface area contributed by atoms with E-state index in [1.807, 2.05) is 49.2 Å². The molecule has 216 valence electrons. The number of piperidine rings is 1. The molecule has 1 aliphatic heterocycles. The summed E-state index contributed by atoms with van der Waals surface area (Å²) in [7, 11) is 0. The predicted octanol–water partition coefficient (Wildman–Crippen LogP) is 4.24. The smallest absolute Gasteiger partial charge is 0.219 e.